The Morgan fingerprint density at radius 3 is 2.23 bits per heavy atom. The fraction of sp³-hybridized carbons (Fsp3) is 1.00. The molecule has 0 aromatic carbocycles. The maximum atomic E-state index is 8.70. The van der Waals surface area contributed by atoms with E-state index in [1.54, 1.807) is 0 Å². The molecule has 1 atom stereocenters. The highest BCUT2D eigenvalue weighted by molar-refractivity contribution is 4.54. The lowest BCUT2D eigenvalue weighted by Crippen LogP contribution is -2.13. The van der Waals surface area contributed by atoms with E-state index in [1.807, 2.05) is 0 Å². The summed E-state index contributed by atoms with van der Waals surface area (Å²) in [5.41, 5.74) is 0. The van der Waals surface area contributed by atoms with Crippen molar-refractivity contribution >= 4 is 0 Å². The molecule has 0 radical (unpaired) electrons. The first kappa shape index (κ1) is 12.9. The molecule has 0 saturated heterocycles. The molecule has 2 nitrogen and oxygen atoms in total. The van der Waals surface area contributed by atoms with E-state index >= 15 is 0 Å². The molecule has 80 valence electrons. The standard InChI is InChI=1S/C11H24O2/c1-4-11(5-2)13-9-7-10(3)6-8-12/h10-12H,4-9H2,1-3H3. The molecule has 0 aromatic heterocycles. The van der Waals surface area contributed by atoms with Crippen molar-refractivity contribution < 1.29 is 9.84 Å². The van der Waals surface area contributed by atoms with E-state index in [9.17, 15) is 0 Å². The molecule has 0 aliphatic rings. The smallest absolute Gasteiger partial charge is 0.0569 e. The molecule has 0 rings (SSSR count). The van der Waals surface area contributed by atoms with Crippen molar-refractivity contribution in [2.45, 2.75) is 52.6 Å². The Hall–Kier alpha value is -0.0800. The third-order valence-electron chi connectivity index (χ3n) is 2.50. The minimum atomic E-state index is 0.298. The summed E-state index contributed by atoms with van der Waals surface area (Å²) in [5, 5.41) is 8.70. The van der Waals surface area contributed by atoms with Crippen molar-refractivity contribution in [2.75, 3.05) is 13.2 Å². The zero-order valence-electron chi connectivity index (χ0n) is 9.25. The summed E-state index contributed by atoms with van der Waals surface area (Å²) in [4.78, 5) is 0. The number of aliphatic hydroxyl groups excluding tert-OH is 1. The second kappa shape index (κ2) is 8.52. The van der Waals surface area contributed by atoms with E-state index in [2.05, 4.69) is 20.8 Å². The highest BCUT2D eigenvalue weighted by Crippen LogP contribution is 2.09. The molecule has 0 heterocycles. The first-order valence-electron chi connectivity index (χ1n) is 5.47. The van der Waals surface area contributed by atoms with Crippen LogP contribution in [0.25, 0.3) is 0 Å². The fourth-order valence-corrected chi connectivity index (χ4v) is 1.32. The van der Waals surface area contributed by atoms with Gasteiger partial charge in [0.15, 0.2) is 0 Å². The molecule has 0 bridgehead atoms. The average Bonchev–Trinajstić information content (AvgIpc) is 2.13. The van der Waals surface area contributed by atoms with E-state index < -0.39 is 0 Å². The third-order valence-corrected chi connectivity index (χ3v) is 2.50. The zero-order valence-corrected chi connectivity index (χ0v) is 9.25. The maximum Gasteiger partial charge on any atom is 0.0569 e. The summed E-state index contributed by atoms with van der Waals surface area (Å²) in [6.45, 7) is 7.61. The lowest BCUT2D eigenvalue weighted by Gasteiger charge is -2.15. The van der Waals surface area contributed by atoms with Crippen molar-refractivity contribution in [3.63, 3.8) is 0 Å². The molecular formula is C11H24O2. The van der Waals surface area contributed by atoms with Gasteiger partial charge in [-0.3, -0.25) is 0 Å². The predicted molar refractivity (Wildman–Crippen MR) is 55.8 cm³/mol. The van der Waals surface area contributed by atoms with Gasteiger partial charge in [0.25, 0.3) is 0 Å². The van der Waals surface area contributed by atoms with Crippen LogP contribution < -0.4 is 0 Å². The van der Waals surface area contributed by atoms with Crippen LogP contribution in [0.3, 0.4) is 0 Å². The van der Waals surface area contributed by atoms with Gasteiger partial charge in [-0.15, -0.1) is 0 Å². The molecule has 0 aliphatic heterocycles. The number of rotatable bonds is 8. The van der Waals surface area contributed by atoms with Gasteiger partial charge in [0.05, 0.1) is 6.10 Å². The van der Waals surface area contributed by atoms with Crippen LogP contribution >= 0.6 is 0 Å². The summed E-state index contributed by atoms with van der Waals surface area (Å²) in [5.74, 6) is 0.583. The van der Waals surface area contributed by atoms with Gasteiger partial charge in [-0.25, -0.2) is 0 Å². The molecule has 2 heteroatoms. The molecule has 13 heavy (non-hydrogen) atoms. The van der Waals surface area contributed by atoms with Crippen LogP contribution in [0, 0.1) is 5.92 Å². The highest BCUT2D eigenvalue weighted by atomic mass is 16.5. The average molecular weight is 188 g/mol. The third kappa shape index (κ3) is 7.03. The SMILES string of the molecule is CCC(CC)OCCC(C)CCO. The fourth-order valence-electron chi connectivity index (χ4n) is 1.32. The zero-order chi connectivity index (χ0) is 10.1. The molecule has 0 aliphatic carbocycles. The normalized spacial score (nSPS) is 13.6. The second-order valence-corrected chi connectivity index (χ2v) is 3.72. The second-order valence-electron chi connectivity index (χ2n) is 3.72. The Morgan fingerprint density at radius 1 is 1.15 bits per heavy atom. The van der Waals surface area contributed by atoms with Gasteiger partial charge in [0, 0.05) is 13.2 Å². The van der Waals surface area contributed by atoms with Crippen molar-refractivity contribution in [3.8, 4) is 0 Å². The van der Waals surface area contributed by atoms with Gasteiger partial charge >= 0.3 is 0 Å². The van der Waals surface area contributed by atoms with Gasteiger partial charge in [0.1, 0.15) is 0 Å². The van der Waals surface area contributed by atoms with Gasteiger partial charge in [0.2, 0.25) is 0 Å². The van der Waals surface area contributed by atoms with Gasteiger partial charge in [-0.1, -0.05) is 20.8 Å². The van der Waals surface area contributed by atoms with Gasteiger partial charge < -0.3 is 9.84 Å². The topological polar surface area (TPSA) is 29.5 Å². The Kier molecular flexibility index (Phi) is 8.46. The first-order chi connectivity index (χ1) is 6.24. The maximum absolute atomic E-state index is 8.70. The number of hydrogen-bond donors (Lipinski definition) is 1. The minimum absolute atomic E-state index is 0.298. The van der Waals surface area contributed by atoms with E-state index in [0.29, 0.717) is 18.6 Å². The number of ether oxygens (including phenoxy) is 1. The Balaban J connectivity index is 3.32. The van der Waals surface area contributed by atoms with Crippen LogP contribution in [-0.4, -0.2) is 24.4 Å². The summed E-state index contributed by atoms with van der Waals surface area (Å²) in [7, 11) is 0. The van der Waals surface area contributed by atoms with Crippen molar-refractivity contribution in [3.05, 3.63) is 0 Å². The summed E-state index contributed by atoms with van der Waals surface area (Å²) in [6, 6.07) is 0. The lowest BCUT2D eigenvalue weighted by atomic mass is 10.1. The number of aliphatic hydroxyl groups is 1. The molecule has 0 spiro atoms. The Morgan fingerprint density at radius 2 is 1.77 bits per heavy atom. The summed E-state index contributed by atoms with van der Waals surface area (Å²) >= 11 is 0. The predicted octanol–water partition coefficient (Wildman–Crippen LogP) is 2.60. The molecule has 0 fully saturated rings. The van der Waals surface area contributed by atoms with E-state index in [1.165, 1.54) is 0 Å². The van der Waals surface area contributed by atoms with Crippen LogP contribution in [0.5, 0.6) is 0 Å². The molecule has 1 unspecified atom stereocenters. The largest absolute Gasteiger partial charge is 0.396 e. The van der Waals surface area contributed by atoms with Crippen LogP contribution in [0.4, 0.5) is 0 Å². The van der Waals surface area contributed by atoms with Crippen LogP contribution in [0.2, 0.25) is 0 Å². The summed E-state index contributed by atoms with van der Waals surface area (Å²) in [6.07, 6.45) is 4.60. The molecule has 0 saturated carbocycles. The van der Waals surface area contributed by atoms with Crippen LogP contribution in [0.15, 0.2) is 0 Å². The first-order valence-corrected chi connectivity index (χ1v) is 5.47. The van der Waals surface area contributed by atoms with Gasteiger partial charge in [-0.2, -0.15) is 0 Å². The quantitative estimate of drug-likeness (QED) is 0.634. The molecular weight excluding hydrogens is 164 g/mol. The van der Waals surface area contributed by atoms with Gasteiger partial charge in [-0.05, 0) is 31.6 Å². The highest BCUT2D eigenvalue weighted by Gasteiger charge is 2.05. The van der Waals surface area contributed by atoms with E-state index in [4.69, 9.17) is 9.84 Å². The Labute approximate surface area is 82.3 Å². The van der Waals surface area contributed by atoms with Crippen molar-refractivity contribution in [1.29, 1.82) is 0 Å². The molecule has 0 amide bonds. The minimum Gasteiger partial charge on any atom is -0.396 e. The Bertz CT molecular complexity index is 100. The number of hydrogen-bond acceptors (Lipinski definition) is 2. The summed E-state index contributed by atoms with van der Waals surface area (Å²) < 4.78 is 5.68. The van der Waals surface area contributed by atoms with Crippen molar-refractivity contribution in [1.82, 2.24) is 0 Å². The molecule has 0 aromatic rings. The van der Waals surface area contributed by atoms with Crippen molar-refractivity contribution in [2.24, 2.45) is 5.92 Å². The molecule has 1 N–H and O–H groups in total. The van der Waals surface area contributed by atoms with Crippen LogP contribution in [0.1, 0.15) is 46.5 Å². The van der Waals surface area contributed by atoms with E-state index in [0.717, 1.165) is 32.3 Å². The van der Waals surface area contributed by atoms with E-state index in [-0.39, 0.29) is 0 Å². The lowest BCUT2D eigenvalue weighted by molar-refractivity contribution is 0.0393. The monoisotopic (exact) mass is 188 g/mol. The van der Waals surface area contributed by atoms with Crippen LogP contribution in [-0.2, 0) is 4.74 Å².